The number of ether oxygens (including phenoxy) is 1. The summed E-state index contributed by atoms with van der Waals surface area (Å²) in [6.45, 7) is 8.17. The average molecular weight is 232 g/mol. The van der Waals surface area contributed by atoms with E-state index in [-0.39, 0.29) is 11.5 Å². The molecule has 0 aromatic heterocycles. The molecular formula is C15H20O2. The Morgan fingerprint density at radius 2 is 2.12 bits per heavy atom. The van der Waals surface area contributed by atoms with Gasteiger partial charge in [0.25, 0.3) is 0 Å². The first-order chi connectivity index (χ1) is 7.97. The Morgan fingerprint density at radius 1 is 1.41 bits per heavy atom. The predicted molar refractivity (Wildman–Crippen MR) is 68.4 cm³/mol. The van der Waals surface area contributed by atoms with Gasteiger partial charge in [-0.05, 0) is 38.8 Å². The van der Waals surface area contributed by atoms with E-state index in [1.54, 1.807) is 0 Å². The molecule has 0 heterocycles. The average Bonchev–Trinajstić information content (AvgIpc) is 2.30. The lowest BCUT2D eigenvalue weighted by atomic mass is 9.64. The summed E-state index contributed by atoms with van der Waals surface area (Å²) in [6, 6.07) is 6.16. The number of rotatable bonds is 3. The van der Waals surface area contributed by atoms with Crippen molar-refractivity contribution in [1.29, 1.82) is 0 Å². The Kier molecular flexibility index (Phi) is 2.98. The molecule has 0 radical (unpaired) electrons. The standard InChI is InChI=1S/C15H20O2/c1-5-15(4)13(16)9-14(15)17-12-7-6-10(2)8-11(12)3/h6-8,14H,5,9H2,1-4H3. The van der Waals surface area contributed by atoms with Crippen LogP contribution in [0.15, 0.2) is 18.2 Å². The molecule has 0 aliphatic heterocycles. The molecule has 2 atom stereocenters. The van der Waals surface area contributed by atoms with Gasteiger partial charge in [0.15, 0.2) is 0 Å². The van der Waals surface area contributed by atoms with E-state index in [9.17, 15) is 4.79 Å². The van der Waals surface area contributed by atoms with Crippen molar-refractivity contribution < 1.29 is 9.53 Å². The lowest BCUT2D eigenvalue weighted by molar-refractivity contribution is -0.150. The van der Waals surface area contributed by atoms with Crippen molar-refractivity contribution in [2.75, 3.05) is 0 Å². The minimum Gasteiger partial charge on any atom is -0.489 e. The summed E-state index contributed by atoms with van der Waals surface area (Å²) < 4.78 is 5.99. The highest BCUT2D eigenvalue weighted by atomic mass is 16.5. The molecule has 1 aliphatic carbocycles. The molecule has 1 aromatic carbocycles. The highest BCUT2D eigenvalue weighted by Crippen LogP contribution is 2.42. The van der Waals surface area contributed by atoms with Gasteiger partial charge in [-0.2, -0.15) is 0 Å². The third-order valence-electron chi connectivity index (χ3n) is 4.05. The van der Waals surface area contributed by atoms with E-state index in [0.29, 0.717) is 12.2 Å². The fourth-order valence-electron chi connectivity index (χ4n) is 2.36. The van der Waals surface area contributed by atoms with E-state index >= 15 is 0 Å². The minimum atomic E-state index is -0.280. The molecule has 1 saturated carbocycles. The van der Waals surface area contributed by atoms with Crippen molar-refractivity contribution in [3.8, 4) is 5.75 Å². The highest BCUT2D eigenvalue weighted by Gasteiger charge is 2.51. The summed E-state index contributed by atoms with van der Waals surface area (Å²) >= 11 is 0. The van der Waals surface area contributed by atoms with Crippen LogP contribution in [0.5, 0.6) is 5.75 Å². The topological polar surface area (TPSA) is 26.3 Å². The second-order valence-electron chi connectivity index (χ2n) is 5.27. The Labute approximate surface area is 103 Å². The van der Waals surface area contributed by atoms with Crippen molar-refractivity contribution in [3.05, 3.63) is 29.3 Å². The summed E-state index contributed by atoms with van der Waals surface area (Å²) in [5, 5.41) is 0. The molecule has 1 aliphatic rings. The van der Waals surface area contributed by atoms with Crippen molar-refractivity contribution in [2.24, 2.45) is 5.41 Å². The van der Waals surface area contributed by atoms with Crippen molar-refractivity contribution >= 4 is 5.78 Å². The maximum atomic E-state index is 11.6. The molecule has 2 heteroatoms. The molecule has 2 nitrogen and oxygen atoms in total. The minimum absolute atomic E-state index is 0.0430. The number of carbonyl (C=O) groups is 1. The molecule has 92 valence electrons. The summed E-state index contributed by atoms with van der Waals surface area (Å²) in [7, 11) is 0. The number of aryl methyl sites for hydroxylation is 2. The van der Waals surface area contributed by atoms with E-state index in [1.807, 2.05) is 26.0 Å². The third-order valence-corrected chi connectivity index (χ3v) is 4.05. The summed E-state index contributed by atoms with van der Waals surface area (Å²) in [5.41, 5.74) is 2.10. The Bertz CT molecular complexity index is 450. The number of hydrogen-bond donors (Lipinski definition) is 0. The van der Waals surface area contributed by atoms with Gasteiger partial charge in [0.1, 0.15) is 17.6 Å². The fraction of sp³-hybridized carbons (Fsp3) is 0.533. The second kappa shape index (κ2) is 4.17. The zero-order valence-corrected chi connectivity index (χ0v) is 11.0. The lowest BCUT2D eigenvalue weighted by Gasteiger charge is -2.44. The number of ketones is 1. The van der Waals surface area contributed by atoms with Gasteiger partial charge in [-0.1, -0.05) is 24.6 Å². The number of carbonyl (C=O) groups excluding carboxylic acids is 1. The van der Waals surface area contributed by atoms with Crippen LogP contribution in [0.4, 0.5) is 0 Å². The molecule has 0 bridgehead atoms. The van der Waals surface area contributed by atoms with Crippen molar-refractivity contribution in [2.45, 2.75) is 46.6 Å². The largest absolute Gasteiger partial charge is 0.489 e. The molecule has 0 saturated heterocycles. The van der Waals surface area contributed by atoms with Gasteiger partial charge in [0, 0.05) is 6.42 Å². The summed E-state index contributed by atoms with van der Waals surface area (Å²) in [5.74, 6) is 1.24. The van der Waals surface area contributed by atoms with Crippen LogP contribution in [-0.4, -0.2) is 11.9 Å². The Balaban J connectivity index is 2.15. The monoisotopic (exact) mass is 232 g/mol. The van der Waals surface area contributed by atoms with Gasteiger partial charge in [-0.25, -0.2) is 0 Å². The van der Waals surface area contributed by atoms with Crippen LogP contribution in [0, 0.1) is 19.3 Å². The zero-order valence-electron chi connectivity index (χ0n) is 11.0. The quantitative estimate of drug-likeness (QED) is 0.798. The fourth-order valence-corrected chi connectivity index (χ4v) is 2.36. The predicted octanol–water partition coefficient (Wildman–Crippen LogP) is 3.44. The van der Waals surface area contributed by atoms with Crippen LogP contribution in [0.1, 0.15) is 37.8 Å². The molecule has 2 rings (SSSR count). The normalized spacial score (nSPS) is 27.8. The van der Waals surface area contributed by atoms with E-state index in [4.69, 9.17) is 4.74 Å². The van der Waals surface area contributed by atoms with Crippen LogP contribution in [0.25, 0.3) is 0 Å². The van der Waals surface area contributed by atoms with Gasteiger partial charge >= 0.3 is 0 Å². The van der Waals surface area contributed by atoms with E-state index < -0.39 is 0 Å². The van der Waals surface area contributed by atoms with E-state index in [1.165, 1.54) is 5.56 Å². The van der Waals surface area contributed by atoms with Crippen LogP contribution >= 0.6 is 0 Å². The number of Topliss-reactive ketones (excluding diaryl/α,β-unsaturated/α-hetero) is 1. The first kappa shape index (κ1) is 12.2. The molecule has 1 fully saturated rings. The molecule has 17 heavy (non-hydrogen) atoms. The van der Waals surface area contributed by atoms with Crippen LogP contribution in [0.3, 0.4) is 0 Å². The smallest absolute Gasteiger partial charge is 0.146 e. The van der Waals surface area contributed by atoms with Crippen molar-refractivity contribution in [3.63, 3.8) is 0 Å². The Hall–Kier alpha value is -1.31. The van der Waals surface area contributed by atoms with Gasteiger partial charge in [0.05, 0.1) is 5.41 Å². The van der Waals surface area contributed by atoms with E-state index in [0.717, 1.165) is 17.7 Å². The maximum Gasteiger partial charge on any atom is 0.146 e. The van der Waals surface area contributed by atoms with Crippen LogP contribution < -0.4 is 4.74 Å². The highest BCUT2D eigenvalue weighted by molar-refractivity contribution is 5.92. The third kappa shape index (κ3) is 1.97. The maximum absolute atomic E-state index is 11.6. The first-order valence-electron chi connectivity index (χ1n) is 6.24. The molecule has 2 unspecified atom stereocenters. The van der Waals surface area contributed by atoms with Gasteiger partial charge in [0.2, 0.25) is 0 Å². The molecular weight excluding hydrogens is 212 g/mol. The number of benzene rings is 1. The molecule has 1 aromatic rings. The lowest BCUT2D eigenvalue weighted by Crippen LogP contribution is -2.54. The van der Waals surface area contributed by atoms with Gasteiger partial charge < -0.3 is 4.74 Å². The SMILES string of the molecule is CCC1(C)C(=O)CC1Oc1ccc(C)cc1C. The Morgan fingerprint density at radius 3 is 2.65 bits per heavy atom. The van der Waals surface area contributed by atoms with Crippen LogP contribution in [-0.2, 0) is 4.79 Å². The van der Waals surface area contributed by atoms with Crippen molar-refractivity contribution in [1.82, 2.24) is 0 Å². The second-order valence-corrected chi connectivity index (χ2v) is 5.27. The van der Waals surface area contributed by atoms with Gasteiger partial charge in [-0.3, -0.25) is 4.79 Å². The molecule has 0 N–H and O–H groups in total. The van der Waals surface area contributed by atoms with E-state index in [2.05, 4.69) is 19.9 Å². The summed E-state index contributed by atoms with van der Waals surface area (Å²) in [4.78, 5) is 11.6. The van der Waals surface area contributed by atoms with Gasteiger partial charge in [-0.15, -0.1) is 0 Å². The first-order valence-corrected chi connectivity index (χ1v) is 6.24. The molecule has 0 spiro atoms. The number of hydrogen-bond acceptors (Lipinski definition) is 2. The molecule has 0 amide bonds. The summed E-state index contributed by atoms with van der Waals surface area (Å²) in [6.07, 6.45) is 1.44. The van der Waals surface area contributed by atoms with Crippen LogP contribution in [0.2, 0.25) is 0 Å². The zero-order chi connectivity index (χ0) is 12.6.